The van der Waals surface area contributed by atoms with Crippen molar-refractivity contribution in [3.8, 4) is 0 Å². The van der Waals surface area contributed by atoms with Crippen LogP contribution in [0.2, 0.25) is 0 Å². The molecule has 3 rings (SSSR count). The summed E-state index contributed by atoms with van der Waals surface area (Å²) in [5.74, 6) is 0.867. The summed E-state index contributed by atoms with van der Waals surface area (Å²) in [6.07, 6.45) is 7.46. The first kappa shape index (κ1) is 18.3. The van der Waals surface area contributed by atoms with E-state index < -0.39 is 0 Å². The Labute approximate surface area is 150 Å². The van der Waals surface area contributed by atoms with Crippen LogP contribution in [-0.2, 0) is 17.9 Å². The minimum atomic E-state index is 0.0738. The van der Waals surface area contributed by atoms with Crippen molar-refractivity contribution in [3.05, 3.63) is 5.82 Å². The van der Waals surface area contributed by atoms with Crippen molar-refractivity contribution >= 4 is 5.91 Å². The van der Waals surface area contributed by atoms with Gasteiger partial charge in [-0.2, -0.15) is 0 Å². The van der Waals surface area contributed by atoms with E-state index in [0.29, 0.717) is 6.04 Å². The summed E-state index contributed by atoms with van der Waals surface area (Å²) in [4.78, 5) is 19.1. The van der Waals surface area contributed by atoms with Gasteiger partial charge in [-0.1, -0.05) is 12.8 Å². The number of likely N-dealkylation sites (tertiary alicyclic amines) is 2. The molecular formula is C17H31N7O. The molecule has 0 spiro atoms. The lowest BCUT2D eigenvalue weighted by molar-refractivity contribution is -0.131. The molecule has 8 nitrogen and oxygen atoms in total. The molecule has 2 aliphatic rings. The van der Waals surface area contributed by atoms with Crippen LogP contribution < -0.4 is 0 Å². The van der Waals surface area contributed by atoms with Gasteiger partial charge in [0.15, 0.2) is 5.82 Å². The molecule has 2 saturated heterocycles. The molecule has 1 aromatic heterocycles. The van der Waals surface area contributed by atoms with E-state index in [0.717, 1.165) is 38.5 Å². The van der Waals surface area contributed by atoms with Crippen LogP contribution >= 0.6 is 0 Å². The second kappa shape index (κ2) is 8.71. The number of hydrogen-bond acceptors (Lipinski definition) is 6. The number of nitrogens with zero attached hydrogens (tertiary/aromatic N) is 7. The molecule has 140 valence electrons. The zero-order chi connectivity index (χ0) is 17.6. The zero-order valence-corrected chi connectivity index (χ0v) is 15.6. The minimum absolute atomic E-state index is 0.0738. The smallest absolute Gasteiger partial charge is 0.244 e. The largest absolute Gasteiger partial charge is 0.343 e. The van der Waals surface area contributed by atoms with Crippen molar-refractivity contribution in [2.45, 2.75) is 57.7 Å². The number of aromatic nitrogens is 4. The summed E-state index contributed by atoms with van der Waals surface area (Å²) in [6, 6.07) is 0.472. The van der Waals surface area contributed by atoms with Gasteiger partial charge in [0, 0.05) is 19.6 Å². The van der Waals surface area contributed by atoms with Gasteiger partial charge in [0.25, 0.3) is 0 Å². The van der Waals surface area contributed by atoms with E-state index in [4.69, 9.17) is 0 Å². The van der Waals surface area contributed by atoms with Crippen LogP contribution in [0.25, 0.3) is 0 Å². The molecule has 2 fully saturated rings. The normalized spacial score (nSPS) is 22.9. The molecule has 0 aromatic carbocycles. The molecule has 25 heavy (non-hydrogen) atoms. The number of likely N-dealkylation sites (N-methyl/N-ethyl adjacent to an activating group) is 2. The van der Waals surface area contributed by atoms with Crippen LogP contribution in [-0.4, -0.2) is 87.1 Å². The van der Waals surface area contributed by atoms with Gasteiger partial charge in [0.1, 0.15) is 6.54 Å². The SMILES string of the molecule is CN(C[C@@H]1CCCN1C)C(=O)Cn1nnnc1CN1CCCCCC1. The Morgan fingerprint density at radius 1 is 1.16 bits per heavy atom. The molecule has 0 saturated carbocycles. The Balaban J connectivity index is 1.53. The number of carbonyl (C=O) groups is 1. The first-order chi connectivity index (χ1) is 12.1. The number of carbonyl (C=O) groups excluding carboxylic acids is 1. The lowest BCUT2D eigenvalue weighted by Crippen LogP contribution is -2.41. The standard InChI is InChI=1S/C17H31N7O/c1-21-9-7-8-15(21)12-22(2)17(25)14-24-16(18-19-20-24)13-23-10-5-3-4-6-11-23/h15H,3-14H2,1-2H3/t15-/m0/s1. The third kappa shape index (κ3) is 4.98. The summed E-state index contributed by atoms with van der Waals surface area (Å²) in [5.41, 5.74) is 0. The monoisotopic (exact) mass is 349 g/mol. The Morgan fingerprint density at radius 3 is 2.60 bits per heavy atom. The molecule has 1 aromatic rings. The van der Waals surface area contributed by atoms with Gasteiger partial charge < -0.3 is 9.80 Å². The van der Waals surface area contributed by atoms with Crippen LogP contribution in [0.1, 0.15) is 44.3 Å². The molecule has 8 heteroatoms. The van der Waals surface area contributed by atoms with E-state index in [1.54, 1.807) is 4.68 Å². The van der Waals surface area contributed by atoms with Crippen molar-refractivity contribution in [1.82, 2.24) is 34.9 Å². The molecule has 1 amide bonds. The first-order valence-corrected chi connectivity index (χ1v) is 9.55. The Bertz CT molecular complexity index is 553. The maximum absolute atomic E-state index is 12.6. The summed E-state index contributed by atoms with van der Waals surface area (Å²) < 4.78 is 1.67. The lowest BCUT2D eigenvalue weighted by Gasteiger charge is -2.26. The second-order valence-corrected chi connectivity index (χ2v) is 7.49. The Hall–Kier alpha value is -1.54. The van der Waals surface area contributed by atoms with E-state index >= 15 is 0 Å². The van der Waals surface area contributed by atoms with E-state index in [9.17, 15) is 4.79 Å². The van der Waals surface area contributed by atoms with Gasteiger partial charge in [-0.15, -0.1) is 5.10 Å². The fraction of sp³-hybridized carbons (Fsp3) is 0.882. The fourth-order valence-electron chi connectivity index (χ4n) is 3.83. The zero-order valence-electron chi connectivity index (χ0n) is 15.6. The summed E-state index contributed by atoms with van der Waals surface area (Å²) in [7, 11) is 4.02. The lowest BCUT2D eigenvalue weighted by atomic mass is 10.2. The van der Waals surface area contributed by atoms with Gasteiger partial charge in [0.05, 0.1) is 6.54 Å². The van der Waals surface area contributed by atoms with Crippen molar-refractivity contribution in [3.63, 3.8) is 0 Å². The molecule has 0 unspecified atom stereocenters. The van der Waals surface area contributed by atoms with E-state index in [2.05, 4.69) is 32.4 Å². The maximum atomic E-state index is 12.6. The second-order valence-electron chi connectivity index (χ2n) is 7.49. The van der Waals surface area contributed by atoms with Crippen LogP contribution in [0.5, 0.6) is 0 Å². The van der Waals surface area contributed by atoms with Gasteiger partial charge >= 0.3 is 0 Å². The number of hydrogen-bond donors (Lipinski definition) is 0. The van der Waals surface area contributed by atoms with Crippen LogP contribution in [0, 0.1) is 0 Å². The molecule has 3 heterocycles. The van der Waals surface area contributed by atoms with Crippen molar-refractivity contribution in [1.29, 1.82) is 0 Å². The van der Waals surface area contributed by atoms with Crippen molar-refractivity contribution in [2.24, 2.45) is 0 Å². The van der Waals surface area contributed by atoms with Crippen LogP contribution in [0.15, 0.2) is 0 Å². The minimum Gasteiger partial charge on any atom is -0.343 e. The highest BCUT2D eigenvalue weighted by atomic mass is 16.2. The van der Waals surface area contributed by atoms with Gasteiger partial charge in [-0.3, -0.25) is 9.69 Å². The van der Waals surface area contributed by atoms with Gasteiger partial charge in [-0.05, 0) is 62.8 Å². The molecule has 0 bridgehead atoms. The summed E-state index contributed by atoms with van der Waals surface area (Å²) in [6.45, 7) is 5.04. The third-order valence-electron chi connectivity index (χ3n) is 5.54. The van der Waals surface area contributed by atoms with E-state index in [1.165, 1.54) is 38.5 Å². The van der Waals surface area contributed by atoms with Gasteiger partial charge in [0.2, 0.25) is 5.91 Å². The predicted octanol–water partition coefficient (Wildman–Crippen LogP) is 0.602. The summed E-state index contributed by atoms with van der Waals surface area (Å²) >= 11 is 0. The number of tetrazole rings is 1. The quantitative estimate of drug-likeness (QED) is 0.749. The van der Waals surface area contributed by atoms with Crippen molar-refractivity contribution in [2.75, 3.05) is 40.3 Å². The molecule has 1 atom stereocenters. The fourth-order valence-corrected chi connectivity index (χ4v) is 3.83. The molecule has 0 N–H and O–H groups in total. The molecule has 0 aliphatic carbocycles. The number of amides is 1. The third-order valence-corrected chi connectivity index (χ3v) is 5.54. The highest BCUT2D eigenvalue weighted by Gasteiger charge is 2.24. The van der Waals surface area contributed by atoms with Crippen LogP contribution in [0.3, 0.4) is 0 Å². The average Bonchev–Trinajstić information content (AvgIpc) is 3.10. The molecular weight excluding hydrogens is 318 g/mol. The highest BCUT2D eigenvalue weighted by Crippen LogP contribution is 2.16. The molecule has 0 radical (unpaired) electrons. The van der Waals surface area contributed by atoms with Gasteiger partial charge in [-0.25, -0.2) is 4.68 Å². The topological polar surface area (TPSA) is 70.4 Å². The highest BCUT2D eigenvalue weighted by molar-refractivity contribution is 5.75. The number of rotatable bonds is 6. The predicted molar refractivity (Wildman–Crippen MR) is 94.9 cm³/mol. The van der Waals surface area contributed by atoms with Crippen LogP contribution in [0.4, 0.5) is 0 Å². The first-order valence-electron chi connectivity index (χ1n) is 9.55. The van der Waals surface area contributed by atoms with Crippen molar-refractivity contribution < 1.29 is 4.79 Å². The molecule has 2 aliphatic heterocycles. The van der Waals surface area contributed by atoms with E-state index in [1.807, 2.05) is 11.9 Å². The van der Waals surface area contributed by atoms with E-state index in [-0.39, 0.29) is 12.5 Å². The Kier molecular flexibility index (Phi) is 6.36. The average molecular weight is 349 g/mol. The maximum Gasteiger partial charge on any atom is 0.244 e. The Morgan fingerprint density at radius 2 is 1.92 bits per heavy atom. The summed E-state index contributed by atoms with van der Waals surface area (Å²) in [5, 5.41) is 12.0.